The van der Waals surface area contributed by atoms with E-state index in [0.717, 1.165) is 122 Å². The minimum Gasteiger partial charge on any atom is -0.497 e. The highest BCUT2D eigenvalue weighted by molar-refractivity contribution is 6.33. The minimum absolute atomic E-state index is 0.0752. The quantitative estimate of drug-likeness (QED) is 0.156. The van der Waals surface area contributed by atoms with Crippen LogP contribution in [0.15, 0.2) is 173 Å². The topological polar surface area (TPSA) is 93.4 Å². The molecule has 0 aliphatic carbocycles. The lowest BCUT2D eigenvalue weighted by Crippen LogP contribution is -2.15. The first-order valence-corrected chi connectivity index (χ1v) is 23.0. The van der Waals surface area contributed by atoms with Crippen molar-refractivity contribution in [2.24, 2.45) is 0 Å². The molecule has 1 aliphatic heterocycles. The van der Waals surface area contributed by atoms with Crippen LogP contribution in [-0.2, 0) is 0 Å². The van der Waals surface area contributed by atoms with E-state index in [0.29, 0.717) is 27.3 Å². The zero-order valence-electron chi connectivity index (χ0n) is 38.3. The van der Waals surface area contributed by atoms with Crippen LogP contribution in [0.3, 0.4) is 0 Å². The average molecular weight is 914 g/mol. The van der Waals surface area contributed by atoms with Gasteiger partial charge in [-0.25, -0.2) is 0 Å². The molecular weight excluding hydrogens is 875 g/mol. The number of rotatable bonds is 7. The molecule has 0 unspecified atom stereocenters. The molecule has 11 aromatic carbocycles. The van der Waals surface area contributed by atoms with Crippen molar-refractivity contribution in [3.63, 3.8) is 0 Å². The lowest BCUT2D eigenvalue weighted by atomic mass is 9.90. The molecule has 0 bridgehead atoms. The van der Waals surface area contributed by atoms with Crippen molar-refractivity contribution < 1.29 is 23.9 Å². The molecule has 70 heavy (non-hydrogen) atoms. The zero-order chi connectivity index (χ0) is 47.1. The number of aromatic nitrogens is 2. The summed E-state index contributed by atoms with van der Waals surface area (Å²) in [5.41, 5.74) is 9.19. The number of benzene rings is 9. The van der Waals surface area contributed by atoms with Crippen LogP contribution in [0.25, 0.3) is 109 Å². The standard InChI is InChI=1S/C60H39N3O7/c1-66-35-16-21-40-38-18-13-32(27-49(38)62(68-3)51(40)30-35)37-23-24-43-56-45(60(65)58(43)55(37)33-14-19-39-41-22-17-36(67-2)31-52(41)63(69-4)50(39)28-33)26-25-44-57(56)46-29-34(15-20-42(46)59(44)64)61-47-9-5-7-11-53(47)70-54-12-8-6-10-48(54)61/h5-31H,1-4H3. The summed E-state index contributed by atoms with van der Waals surface area (Å²) in [5.74, 6) is 2.89. The maximum absolute atomic E-state index is 15.5. The van der Waals surface area contributed by atoms with E-state index >= 15 is 4.79 Å². The summed E-state index contributed by atoms with van der Waals surface area (Å²) < 4.78 is 21.2. The van der Waals surface area contributed by atoms with Gasteiger partial charge in [0.2, 0.25) is 0 Å². The molecule has 0 spiro atoms. The van der Waals surface area contributed by atoms with Crippen LogP contribution < -0.4 is 39.6 Å². The normalized spacial score (nSPS) is 12.5. The van der Waals surface area contributed by atoms with Crippen LogP contribution in [-0.4, -0.2) is 37.9 Å². The zero-order valence-corrected chi connectivity index (χ0v) is 38.3. The van der Waals surface area contributed by atoms with Crippen LogP contribution >= 0.6 is 0 Å². The van der Waals surface area contributed by atoms with Gasteiger partial charge in [-0.15, -0.1) is 0 Å². The number of ether oxygens (including phenoxy) is 3. The molecule has 336 valence electrons. The number of methoxy groups -OCH3 is 2. The number of nitrogens with zero attached hydrogens (tertiary/aromatic N) is 3. The Labute approximate surface area is 398 Å². The van der Waals surface area contributed by atoms with Gasteiger partial charge in [0, 0.05) is 77.2 Å². The second-order valence-electron chi connectivity index (χ2n) is 17.8. The van der Waals surface area contributed by atoms with Gasteiger partial charge in [0.05, 0.1) is 47.7 Å². The Balaban J connectivity index is 1.07. The smallest absolute Gasteiger partial charge is 0.194 e. The molecule has 0 N–H and O–H groups in total. The Bertz CT molecular complexity index is 4470. The van der Waals surface area contributed by atoms with Crippen LogP contribution in [0.2, 0.25) is 0 Å². The van der Waals surface area contributed by atoms with Gasteiger partial charge in [-0.1, -0.05) is 60.7 Å². The Morgan fingerprint density at radius 3 is 1.49 bits per heavy atom. The molecule has 3 heterocycles. The fourth-order valence-corrected chi connectivity index (χ4v) is 11.4. The van der Waals surface area contributed by atoms with Crippen molar-refractivity contribution in [3.8, 4) is 45.3 Å². The van der Waals surface area contributed by atoms with Gasteiger partial charge >= 0.3 is 0 Å². The third-order valence-electron chi connectivity index (χ3n) is 14.4. The molecule has 0 fully saturated rings. The van der Waals surface area contributed by atoms with E-state index < -0.39 is 0 Å². The average Bonchev–Trinajstić information content (AvgIpc) is 4.09. The molecule has 1 aliphatic rings. The van der Waals surface area contributed by atoms with E-state index in [1.54, 1.807) is 28.4 Å². The van der Waals surface area contributed by atoms with E-state index in [1.807, 2.05) is 119 Å². The van der Waals surface area contributed by atoms with E-state index in [9.17, 15) is 4.79 Å². The summed E-state index contributed by atoms with van der Waals surface area (Å²) in [6.07, 6.45) is 0. The third kappa shape index (κ3) is 5.32. The summed E-state index contributed by atoms with van der Waals surface area (Å²) in [4.78, 5) is 44.3. The van der Waals surface area contributed by atoms with Crippen molar-refractivity contribution in [2.45, 2.75) is 0 Å². The summed E-state index contributed by atoms with van der Waals surface area (Å²) in [7, 11) is 6.61. The van der Waals surface area contributed by atoms with Crippen molar-refractivity contribution >= 4 is 104 Å². The first kappa shape index (κ1) is 39.8. The van der Waals surface area contributed by atoms with E-state index in [4.69, 9.17) is 23.9 Å². The second kappa shape index (κ2) is 14.6. The summed E-state index contributed by atoms with van der Waals surface area (Å²) in [6.45, 7) is 0. The van der Waals surface area contributed by atoms with Crippen molar-refractivity contribution in [1.82, 2.24) is 9.46 Å². The van der Waals surface area contributed by atoms with Gasteiger partial charge in [-0.05, 0) is 118 Å². The molecule has 0 saturated carbocycles. The predicted molar refractivity (Wildman–Crippen MR) is 281 cm³/mol. The molecular formula is C60H39N3O7. The Morgan fingerprint density at radius 2 is 0.886 bits per heavy atom. The highest BCUT2D eigenvalue weighted by Gasteiger charge is 2.28. The fourth-order valence-electron chi connectivity index (χ4n) is 11.4. The van der Waals surface area contributed by atoms with Crippen LogP contribution in [0.5, 0.6) is 23.0 Å². The van der Waals surface area contributed by atoms with Crippen LogP contribution in [0.1, 0.15) is 0 Å². The van der Waals surface area contributed by atoms with Gasteiger partial charge in [0.25, 0.3) is 0 Å². The monoisotopic (exact) mass is 913 g/mol. The first-order valence-electron chi connectivity index (χ1n) is 23.0. The number of hydrogen-bond acceptors (Lipinski definition) is 8. The first-order chi connectivity index (χ1) is 34.4. The van der Waals surface area contributed by atoms with Gasteiger partial charge in [-0.3, -0.25) is 9.59 Å². The highest BCUT2D eigenvalue weighted by Crippen LogP contribution is 2.51. The molecule has 0 radical (unpaired) electrons. The summed E-state index contributed by atoms with van der Waals surface area (Å²) in [6, 6.07) is 54.3. The molecule has 14 rings (SSSR count). The number of para-hydroxylation sites is 4. The van der Waals surface area contributed by atoms with E-state index in [-0.39, 0.29) is 10.9 Å². The highest BCUT2D eigenvalue weighted by atomic mass is 16.6. The lowest BCUT2D eigenvalue weighted by Gasteiger charge is -2.32. The fraction of sp³-hybridized carbons (Fsp3) is 0.0667. The Kier molecular flexibility index (Phi) is 8.32. The summed E-state index contributed by atoms with van der Waals surface area (Å²) >= 11 is 0. The molecule has 0 amide bonds. The van der Waals surface area contributed by atoms with E-state index in [1.165, 1.54) is 0 Å². The largest absolute Gasteiger partial charge is 0.497 e. The van der Waals surface area contributed by atoms with Gasteiger partial charge in [0.15, 0.2) is 22.4 Å². The molecule has 0 saturated heterocycles. The molecule has 13 aromatic rings. The SMILES string of the molecule is COc1ccc2c3ccc(-c4ccc5c(c4-c4ccc6c7ccc(OC)cc7n(OC)c6c4)c(=O)c4ccc6c(=O)c7ccc(N8c9ccccc9Oc9ccccc98)cc7c6c45)cc3n(OC)c2c1. The Morgan fingerprint density at radius 1 is 0.400 bits per heavy atom. The summed E-state index contributed by atoms with van der Waals surface area (Å²) in [5, 5.41) is 9.33. The maximum Gasteiger partial charge on any atom is 0.194 e. The molecule has 10 nitrogen and oxygen atoms in total. The van der Waals surface area contributed by atoms with Gasteiger partial charge < -0.3 is 28.8 Å². The maximum atomic E-state index is 15.5. The van der Waals surface area contributed by atoms with Gasteiger partial charge in [-0.2, -0.15) is 9.46 Å². The van der Waals surface area contributed by atoms with E-state index in [2.05, 4.69) is 59.5 Å². The molecule has 10 heteroatoms. The molecule has 0 atom stereocenters. The number of hydrogen-bond donors (Lipinski definition) is 0. The molecule has 2 aromatic heterocycles. The van der Waals surface area contributed by atoms with Crippen molar-refractivity contribution in [3.05, 3.63) is 184 Å². The third-order valence-corrected chi connectivity index (χ3v) is 14.4. The number of anilines is 3. The van der Waals surface area contributed by atoms with Crippen molar-refractivity contribution in [1.29, 1.82) is 0 Å². The minimum atomic E-state index is -0.117. The van der Waals surface area contributed by atoms with Crippen molar-refractivity contribution in [2.75, 3.05) is 33.3 Å². The van der Waals surface area contributed by atoms with Gasteiger partial charge in [0.1, 0.15) is 25.7 Å². The predicted octanol–water partition coefficient (Wildman–Crippen LogP) is 13.2. The lowest BCUT2D eigenvalue weighted by molar-refractivity contribution is 0.190. The van der Waals surface area contributed by atoms with Crippen LogP contribution in [0.4, 0.5) is 17.1 Å². The second-order valence-corrected chi connectivity index (χ2v) is 17.8. The van der Waals surface area contributed by atoms with Crippen LogP contribution in [0, 0.1) is 0 Å². The number of fused-ring (bicyclic) bond motifs is 15. The Hall–Kier alpha value is -9.28.